The molecule has 5 heteroatoms. The second-order valence-electron chi connectivity index (χ2n) is 5.34. The van der Waals surface area contributed by atoms with E-state index in [1.165, 1.54) is 11.3 Å². The van der Waals surface area contributed by atoms with Crippen LogP contribution in [-0.4, -0.2) is 5.78 Å². The summed E-state index contributed by atoms with van der Waals surface area (Å²) in [6.07, 6.45) is 1.32. The number of nitrogen functional groups attached to an aromatic ring is 1. The summed E-state index contributed by atoms with van der Waals surface area (Å²) in [5.41, 5.74) is 8.67. The van der Waals surface area contributed by atoms with Crippen molar-refractivity contribution in [1.29, 1.82) is 0 Å². The van der Waals surface area contributed by atoms with Crippen LogP contribution in [0.2, 0.25) is 0 Å². The summed E-state index contributed by atoms with van der Waals surface area (Å²) < 4.78 is 5.42. The standard InChI is InChI=1S/C18H17NO3S/c1-3-10-7-12(19)8-14-15(10)13(4-2)16(18(21)22-14)17(20)11-5-6-23-9-11/h5-9H,3-4,19H2,1-2H3. The van der Waals surface area contributed by atoms with Crippen molar-refractivity contribution in [2.45, 2.75) is 26.7 Å². The molecule has 0 aliphatic rings. The molecule has 2 N–H and O–H groups in total. The van der Waals surface area contributed by atoms with E-state index in [0.29, 0.717) is 23.3 Å². The fraction of sp³-hybridized carbons (Fsp3) is 0.222. The minimum absolute atomic E-state index is 0.137. The number of hydrogen-bond donors (Lipinski definition) is 1. The van der Waals surface area contributed by atoms with Gasteiger partial charge in [-0.15, -0.1) is 0 Å². The largest absolute Gasteiger partial charge is 0.422 e. The zero-order valence-electron chi connectivity index (χ0n) is 13.0. The van der Waals surface area contributed by atoms with E-state index in [-0.39, 0.29) is 11.3 Å². The molecular weight excluding hydrogens is 310 g/mol. The summed E-state index contributed by atoms with van der Waals surface area (Å²) in [6.45, 7) is 3.95. The Labute approximate surface area is 137 Å². The summed E-state index contributed by atoms with van der Waals surface area (Å²) in [5, 5.41) is 4.40. The number of aryl methyl sites for hydroxylation is 2. The van der Waals surface area contributed by atoms with E-state index in [1.54, 1.807) is 17.5 Å². The average molecular weight is 327 g/mol. The molecule has 0 saturated carbocycles. The molecular formula is C18H17NO3S. The van der Waals surface area contributed by atoms with Crippen molar-refractivity contribution in [3.63, 3.8) is 0 Å². The third-order valence-electron chi connectivity index (χ3n) is 3.96. The summed E-state index contributed by atoms with van der Waals surface area (Å²) in [5.74, 6) is -0.280. The van der Waals surface area contributed by atoms with E-state index in [1.807, 2.05) is 25.3 Å². The second kappa shape index (κ2) is 6.01. The Balaban J connectivity index is 2.39. The maximum Gasteiger partial charge on any atom is 0.347 e. The van der Waals surface area contributed by atoms with Gasteiger partial charge < -0.3 is 10.2 Å². The number of anilines is 1. The lowest BCUT2D eigenvalue weighted by molar-refractivity contribution is 0.103. The highest BCUT2D eigenvalue weighted by Crippen LogP contribution is 2.29. The van der Waals surface area contributed by atoms with Crippen LogP contribution in [0.25, 0.3) is 11.0 Å². The zero-order valence-corrected chi connectivity index (χ0v) is 13.8. The molecule has 2 heterocycles. The van der Waals surface area contributed by atoms with Crippen LogP contribution in [0.5, 0.6) is 0 Å². The topological polar surface area (TPSA) is 73.3 Å². The molecule has 0 unspecified atom stereocenters. The predicted molar refractivity (Wildman–Crippen MR) is 93.4 cm³/mol. The van der Waals surface area contributed by atoms with Gasteiger partial charge in [0.05, 0.1) is 0 Å². The van der Waals surface area contributed by atoms with E-state index in [4.69, 9.17) is 10.2 Å². The minimum Gasteiger partial charge on any atom is -0.422 e. The number of nitrogens with two attached hydrogens (primary N) is 1. The fourth-order valence-corrected chi connectivity index (χ4v) is 3.56. The van der Waals surface area contributed by atoms with Gasteiger partial charge in [0.25, 0.3) is 0 Å². The summed E-state index contributed by atoms with van der Waals surface area (Å²) in [6, 6.07) is 5.24. The molecule has 2 aromatic heterocycles. The number of fused-ring (bicyclic) bond motifs is 1. The van der Waals surface area contributed by atoms with Crippen molar-refractivity contribution in [2.24, 2.45) is 0 Å². The van der Waals surface area contributed by atoms with Gasteiger partial charge >= 0.3 is 5.63 Å². The van der Waals surface area contributed by atoms with Crippen molar-refractivity contribution in [3.05, 3.63) is 61.6 Å². The fourth-order valence-electron chi connectivity index (χ4n) is 2.92. The Morgan fingerprint density at radius 2 is 2.04 bits per heavy atom. The Hall–Kier alpha value is -2.40. The molecule has 0 atom stereocenters. The Morgan fingerprint density at radius 1 is 1.26 bits per heavy atom. The van der Waals surface area contributed by atoms with Gasteiger partial charge in [0.15, 0.2) is 0 Å². The first-order valence-electron chi connectivity index (χ1n) is 7.51. The van der Waals surface area contributed by atoms with Crippen molar-refractivity contribution < 1.29 is 9.21 Å². The van der Waals surface area contributed by atoms with E-state index in [0.717, 1.165) is 22.9 Å². The quantitative estimate of drug-likeness (QED) is 0.449. The third-order valence-corrected chi connectivity index (χ3v) is 4.64. The highest BCUT2D eigenvalue weighted by molar-refractivity contribution is 7.08. The molecule has 4 nitrogen and oxygen atoms in total. The van der Waals surface area contributed by atoms with Crippen LogP contribution in [0.3, 0.4) is 0 Å². The summed E-state index contributed by atoms with van der Waals surface area (Å²) >= 11 is 1.43. The normalized spacial score (nSPS) is 11.0. The molecule has 0 bridgehead atoms. The number of carbonyl (C=O) groups is 1. The molecule has 118 valence electrons. The van der Waals surface area contributed by atoms with Gasteiger partial charge in [-0.3, -0.25) is 4.79 Å². The molecule has 3 aromatic rings. The Bertz CT molecular complexity index is 939. The summed E-state index contributed by atoms with van der Waals surface area (Å²) in [7, 11) is 0. The van der Waals surface area contributed by atoms with E-state index < -0.39 is 5.63 Å². The van der Waals surface area contributed by atoms with Crippen LogP contribution in [0, 0.1) is 0 Å². The second-order valence-corrected chi connectivity index (χ2v) is 6.12. The van der Waals surface area contributed by atoms with E-state index >= 15 is 0 Å². The molecule has 0 fully saturated rings. The first-order chi connectivity index (χ1) is 11.1. The van der Waals surface area contributed by atoms with E-state index in [9.17, 15) is 9.59 Å². The molecule has 1 aromatic carbocycles. The van der Waals surface area contributed by atoms with Gasteiger partial charge in [-0.05, 0) is 41.5 Å². The molecule has 0 spiro atoms. The van der Waals surface area contributed by atoms with Crippen LogP contribution < -0.4 is 11.4 Å². The number of ketones is 1. The van der Waals surface area contributed by atoms with E-state index in [2.05, 4.69) is 0 Å². The lowest BCUT2D eigenvalue weighted by Crippen LogP contribution is -2.18. The summed E-state index contributed by atoms with van der Waals surface area (Å²) in [4.78, 5) is 25.2. The maximum absolute atomic E-state index is 12.7. The number of thiophene rings is 1. The van der Waals surface area contributed by atoms with Crippen LogP contribution in [0.4, 0.5) is 5.69 Å². The molecule has 23 heavy (non-hydrogen) atoms. The number of hydrogen-bond acceptors (Lipinski definition) is 5. The molecule has 0 amide bonds. The van der Waals surface area contributed by atoms with Crippen LogP contribution >= 0.6 is 11.3 Å². The first kappa shape index (κ1) is 15.5. The molecule has 3 rings (SSSR count). The zero-order chi connectivity index (χ0) is 16.6. The number of carbonyl (C=O) groups excluding carboxylic acids is 1. The SMILES string of the molecule is CCc1cc(N)cc2oc(=O)c(C(=O)c3ccsc3)c(CC)c12. The van der Waals surface area contributed by atoms with Crippen LogP contribution in [0.15, 0.2) is 38.2 Å². The first-order valence-corrected chi connectivity index (χ1v) is 8.46. The van der Waals surface area contributed by atoms with Gasteiger partial charge in [-0.2, -0.15) is 11.3 Å². The lowest BCUT2D eigenvalue weighted by atomic mass is 9.93. The molecule has 0 radical (unpaired) electrons. The third kappa shape index (κ3) is 2.57. The van der Waals surface area contributed by atoms with Gasteiger partial charge in [-0.1, -0.05) is 13.8 Å². The molecule has 0 aliphatic carbocycles. The highest BCUT2D eigenvalue weighted by Gasteiger charge is 2.23. The van der Waals surface area contributed by atoms with Gasteiger partial charge in [-0.25, -0.2) is 4.79 Å². The molecule has 0 saturated heterocycles. The smallest absolute Gasteiger partial charge is 0.347 e. The van der Waals surface area contributed by atoms with Gasteiger partial charge in [0.2, 0.25) is 5.78 Å². The van der Waals surface area contributed by atoms with Crippen molar-refractivity contribution in [2.75, 3.05) is 5.73 Å². The highest BCUT2D eigenvalue weighted by atomic mass is 32.1. The van der Waals surface area contributed by atoms with Crippen molar-refractivity contribution in [3.8, 4) is 0 Å². The van der Waals surface area contributed by atoms with Gasteiger partial charge in [0, 0.05) is 28.1 Å². The monoisotopic (exact) mass is 327 g/mol. The Morgan fingerprint density at radius 3 is 2.65 bits per heavy atom. The predicted octanol–water partition coefficient (Wildman–Crippen LogP) is 3.79. The average Bonchev–Trinajstić information content (AvgIpc) is 3.06. The van der Waals surface area contributed by atoms with Crippen molar-refractivity contribution in [1.82, 2.24) is 0 Å². The number of benzene rings is 1. The maximum atomic E-state index is 12.7. The van der Waals surface area contributed by atoms with Crippen molar-refractivity contribution >= 4 is 33.8 Å². The molecule has 0 aliphatic heterocycles. The minimum atomic E-state index is -0.599. The van der Waals surface area contributed by atoms with Gasteiger partial charge in [0.1, 0.15) is 11.1 Å². The van der Waals surface area contributed by atoms with Crippen LogP contribution in [0.1, 0.15) is 40.9 Å². The lowest BCUT2D eigenvalue weighted by Gasteiger charge is -2.12. The Kier molecular flexibility index (Phi) is 4.05. The van der Waals surface area contributed by atoms with Crippen LogP contribution in [-0.2, 0) is 12.8 Å². The number of rotatable bonds is 4.